The number of nitrogens with zero attached hydrogens (tertiary/aromatic N) is 3. The highest BCUT2D eigenvalue weighted by molar-refractivity contribution is 5.59. The molecule has 0 atom stereocenters. The standard InChI is InChI=1S/C12H15N5/c13-8-5-6-11(16-12(8)14)17-7-15-9-3-1-2-4-10(9)17/h5-7H,1-4,13H2,(H2,14,16). The number of aryl methyl sites for hydroxylation is 1. The molecule has 0 fully saturated rings. The molecule has 2 heterocycles. The zero-order valence-electron chi connectivity index (χ0n) is 9.56. The van der Waals surface area contributed by atoms with Crippen LogP contribution in [0.15, 0.2) is 18.5 Å². The number of anilines is 2. The normalized spacial score (nSPS) is 14.6. The highest BCUT2D eigenvalue weighted by atomic mass is 15.1. The first-order valence-electron chi connectivity index (χ1n) is 5.83. The van der Waals surface area contributed by atoms with Gasteiger partial charge in [-0.05, 0) is 37.8 Å². The summed E-state index contributed by atoms with van der Waals surface area (Å²) in [6.07, 6.45) is 6.38. The maximum Gasteiger partial charge on any atom is 0.149 e. The molecule has 0 aliphatic heterocycles. The van der Waals surface area contributed by atoms with E-state index in [1.807, 2.05) is 17.0 Å². The third-order valence-corrected chi connectivity index (χ3v) is 3.22. The van der Waals surface area contributed by atoms with Gasteiger partial charge in [0.15, 0.2) is 0 Å². The van der Waals surface area contributed by atoms with E-state index in [-0.39, 0.29) is 0 Å². The lowest BCUT2D eigenvalue weighted by molar-refractivity contribution is 0.654. The van der Waals surface area contributed by atoms with Crippen LogP contribution in [0.3, 0.4) is 0 Å². The monoisotopic (exact) mass is 229 g/mol. The van der Waals surface area contributed by atoms with Crippen molar-refractivity contribution in [3.63, 3.8) is 0 Å². The van der Waals surface area contributed by atoms with Crippen LogP contribution in [0.1, 0.15) is 24.2 Å². The molecule has 0 saturated carbocycles. The number of rotatable bonds is 1. The van der Waals surface area contributed by atoms with Gasteiger partial charge < -0.3 is 11.5 Å². The first kappa shape index (κ1) is 10.1. The molecule has 1 aliphatic rings. The fourth-order valence-corrected chi connectivity index (χ4v) is 2.28. The number of nitrogens with two attached hydrogens (primary N) is 2. The number of aromatic nitrogens is 3. The van der Waals surface area contributed by atoms with Crippen molar-refractivity contribution in [2.75, 3.05) is 11.5 Å². The Labute approximate surface area is 99.5 Å². The predicted molar refractivity (Wildman–Crippen MR) is 66.8 cm³/mol. The SMILES string of the molecule is Nc1ccc(-n2cnc3c2CCCC3)nc1N. The molecule has 88 valence electrons. The summed E-state index contributed by atoms with van der Waals surface area (Å²) in [5, 5.41) is 0. The zero-order valence-corrected chi connectivity index (χ0v) is 9.56. The fourth-order valence-electron chi connectivity index (χ4n) is 2.28. The van der Waals surface area contributed by atoms with Gasteiger partial charge in [0.1, 0.15) is 18.0 Å². The molecule has 5 heteroatoms. The summed E-state index contributed by atoms with van der Waals surface area (Å²) in [6.45, 7) is 0. The van der Waals surface area contributed by atoms with Gasteiger partial charge in [0.25, 0.3) is 0 Å². The average molecular weight is 229 g/mol. The third kappa shape index (κ3) is 1.63. The van der Waals surface area contributed by atoms with Gasteiger partial charge in [-0.2, -0.15) is 0 Å². The largest absolute Gasteiger partial charge is 0.396 e. The zero-order chi connectivity index (χ0) is 11.8. The quantitative estimate of drug-likeness (QED) is 0.772. The molecule has 0 bridgehead atoms. The van der Waals surface area contributed by atoms with Gasteiger partial charge in [-0.1, -0.05) is 0 Å². The summed E-state index contributed by atoms with van der Waals surface area (Å²) in [5.41, 5.74) is 14.4. The Bertz CT molecular complexity index is 558. The Morgan fingerprint density at radius 1 is 1.12 bits per heavy atom. The summed E-state index contributed by atoms with van der Waals surface area (Å²) in [6, 6.07) is 3.66. The van der Waals surface area contributed by atoms with Gasteiger partial charge >= 0.3 is 0 Å². The van der Waals surface area contributed by atoms with Crippen LogP contribution in [0.5, 0.6) is 0 Å². The molecular weight excluding hydrogens is 214 g/mol. The van der Waals surface area contributed by atoms with Crippen LogP contribution in [-0.2, 0) is 12.8 Å². The van der Waals surface area contributed by atoms with Gasteiger partial charge in [-0.15, -0.1) is 0 Å². The molecule has 0 spiro atoms. The lowest BCUT2D eigenvalue weighted by Gasteiger charge is -2.13. The lowest BCUT2D eigenvalue weighted by atomic mass is 10.0. The van der Waals surface area contributed by atoms with E-state index in [0.29, 0.717) is 11.5 Å². The Hall–Kier alpha value is -2.04. The molecule has 4 N–H and O–H groups in total. The van der Waals surface area contributed by atoms with Crippen LogP contribution >= 0.6 is 0 Å². The molecule has 0 aromatic carbocycles. The third-order valence-electron chi connectivity index (χ3n) is 3.22. The summed E-state index contributed by atoms with van der Waals surface area (Å²) >= 11 is 0. The minimum absolute atomic E-state index is 0.376. The van der Waals surface area contributed by atoms with E-state index in [9.17, 15) is 0 Å². The molecule has 1 aliphatic carbocycles. The van der Waals surface area contributed by atoms with Crippen LogP contribution < -0.4 is 11.5 Å². The van der Waals surface area contributed by atoms with Crippen LogP contribution in [0.4, 0.5) is 11.5 Å². The minimum atomic E-state index is 0.376. The first-order valence-corrected chi connectivity index (χ1v) is 5.83. The number of hydrogen-bond donors (Lipinski definition) is 2. The summed E-state index contributed by atoms with van der Waals surface area (Å²) in [5.74, 6) is 1.17. The molecule has 0 amide bonds. The van der Waals surface area contributed by atoms with Crippen LogP contribution in [0.25, 0.3) is 5.82 Å². The van der Waals surface area contributed by atoms with Crippen molar-refractivity contribution >= 4 is 11.5 Å². The van der Waals surface area contributed by atoms with Crippen LogP contribution in [0.2, 0.25) is 0 Å². The topological polar surface area (TPSA) is 82.8 Å². The Balaban J connectivity index is 2.09. The second-order valence-corrected chi connectivity index (χ2v) is 4.36. The van der Waals surface area contributed by atoms with Crippen molar-refractivity contribution < 1.29 is 0 Å². The first-order chi connectivity index (χ1) is 8.25. The summed E-state index contributed by atoms with van der Waals surface area (Å²) < 4.78 is 2.02. The molecular formula is C12H15N5. The van der Waals surface area contributed by atoms with E-state index in [1.54, 1.807) is 6.07 Å². The average Bonchev–Trinajstić information content (AvgIpc) is 2.76. The van der Waals surface area contributed by atoms with Gasteiger partial charge in [0.05, 0.1) is 11.4 Å². The van der Waals surface area contributed by atoms with Gasteiger partial charge in [-0.25, -0.2) is 9.97 Å². The van der Waals surface area contributed by atoms with Crippen molar-refractivity contribution in [1.29, 1.82) is 0 Å². The number of imidazole rings is 1. The molecule has 0 unspecified atom stereocenters. The van der Waals surface area contributed by atoms with Crippen molar-refractivity contribution in [2.45, 2.75) is 25.7 Å². The van der Waals surface area contributed by atoms with Crippen molar-refractivity contribution in [3.8, 4) is 5.82 Å². The second-order valence-electron chi connectivity index (χ2n) is 4.36. The second kappa shape index (κ2) is 3.76. The highest BCUT2D eigenvalue weighted by Crippen LogP contribution is 2.23. The maximum atomic E-state index is 5.73. The van der Waals surface area contributed by atoms with Gasteiger partial charge in [0, 0.05) is 5.69 Å². The number of pyridine rings is 1. The Morgan fingerprint density at radius 2 is 1.94 bits per heavy atom. The van der Waals surface area contributed by atoms with E-state index in [1.165, 1.54) is 24.2 Å². The van der Waals surface area contributed by atoms with E-state index < -0.39 is 0 Å². The molecule has 2 aromatic rings. The van der Waals surface area contributed by atoms with E-state index >= 15 is 0 Å². The minimum Gasteiger partial charge on any atom is -0.396 e. The highest BCUT2D eigenvalue weighted by Gasteiger charge is 2.16. The molecule has 0 saturated heterocycles. The van der Waals surface area contributed by atoms with Gasteiger partial charge in [0.2, 0.25) is 0 Å². The van der Waals surface area contributed by atoms with E-state index in [4.69, 9.17) is 11.5 Å². The molecule has 5 nitrogen and oxygen atoms in total. The lowest BCUT2D eigenvalue weighted by Crippen LogP contribution is -2.09. The molecule has 0 radical (unpaired) electrons. The predicted octanol–water partition coefficient (Wildman–Crippen LogP) is 1.31. The van der Waals surface area contributed by atoms with Crippen molar-refractivity contribution in [1.82, 2.24) is 14.5 Å². The maximum absolute atomic E-state index is 5.73. The van der Waals surface area contributed by atoms with Crippen molar-refractivity contribution in [2.24, 2.45) is 0 Å². The summed E-state index contributed by atoms with van der Waals surface area (Å²) in [7, 11) is 0. The fraction of sp³-hybridized carbons (Fsp3) is 0.333. The van der Waals surface area contributed by atoms with Crippen LogP contribution in [0, 0.1) is 0 Å². The Morgan fingerprint density at radius 3 is 2.76 bits per heavy atom. The van der Waals surface area contributed by atoms with E-state index in [2.05, 4.69) is 9.97 Å². The smallest absolute Gasteiger partial charge is 0.149 e. The van der Waals surface area contributed by atoms with Crippen molar-refractivity contribution in [3.05, 3.63) is 29.8 Å². The molecule has 3 rings (SSSR count). The Kier molecular flexibility index (Phi) is 2.24. The number of hydrogen-bond acceptors (Lipinski definition) is 4. The van der Waals surface area contributed by atoms with Crippen LogP contribution in [-0.4, -0.2) is 14.5 Å². The summed E-state index contributed by atoms with van der Waals surface area (Å²) in [4.78, 5) is 8.74. The number of nitrogen functional groups attached to an aromatic ring is 2. The number of fused-ring (bicyclic) bond motifs is 1. The molecule has 2 aromatic heterocycles. The van der Waals surface area contributed by atoms with E-state index in [0.717, 1.165) is 18.7 Å². The molecule has 17 heavy (non-hydrogen) atoms. The van der Waals surface area contributed by atoms with Gasteiger partial charge in [-0.3, -0.25) is 4.57 Å².